The van der Waals surface area contributed by atoms with Crippen LogP contribution >= 0.6 is 0 Å². The number of nitrogens with one attached hydrogen (secondary N) is 2. The number of nitrogens with zero attached hydrogens (tertiary/aromatic N) is 2. The van der Waals surface area contributed by atoms with Crippen molar-refractivity contribution < 1.29 is 31.1 Å². The Morgan fingerprint density at radius 2 is 1.32 bits per heavy atom. The molecular weight excluding hydrogens is 390 g/mol. The van der Waals surface area contributed by atoms with Crippen molar-refractivity contribution in [2.24, 2.45) is 0 Å². The summed E-state index contributed by atoms with van der Waals surface area (Å²) in [7, 11) is 0. The molecule has 5 nitrogen and oxygen atoms in total. The fourth-order valence-corrected chi connectivity index (χ4v) is 2.10. The molecule has 0 bridgehead atoms. The Morgan fingerprint density at radius 3 is 1.96 bits per heavy atom. The average molecular weight is 398 g/mol. The van der Waals surface area contributed by atoms with E-state index in [1.165, 1.54) is 0 Å². The van der Waals surface area contributed by atoms with E-state index in [4.69, 9.17) is 0 Å². The van der Waals surface area contributed by atoms with Crippen molar-refractivity contribution in [3.05, 3.63) is 77.1 Å². The van der Waals surface area contributed by atoms with Gasteiger partial charge in [-0.05, 0) is 30.3 Å². The third-order valence-corrected chi connectivity index (χ3v) is 3.45. The number of benzene rings is 2. The fourth-order valence-electron chi connectivity index (χ4n) is 2.10. The summed E-state index contributed by atoms with van der Waals surface area (Å²) in [5.74, 6) is -10.8. The number of hydrogen-bond donors (Lipinski definition) is 2. The normalized spacial score (nSPS) is 10.6. The molecule has 2 aromatic carbocycles. The minimum absolute atomic E-state index is 0.357. The minimum atomic E-state index is -1.77. The molecule has 1 amide bonds. The molecular formula is C17H8F6N4O. The van der Waals surface area contributed by atoms with Crippen LogP contribution in [0.2, 0.25) is 0 Å². The summed E-state index contributed by atoms with van der Waals surface area (Å²) in [4.78, 5) is 19.5. The predicted octanol–water partition coefficient (Wildman–Crippen LogP) is 4.31. The van der Waals surface area contributed by atoms with E-state index in [1.54, 1.807) is 0 Å². The summed E-state index contributed by atoms with van der Waals surface area (Å²) in [6.07, 6.45) is 1.07. The lowest BCUT2D eigenvalue weighted by Crippen LogP contribution is -2.16. The molecule has 28 heavy (non-hydrogen) atoms. The second-order valence-corrected chi connectivity index (χ2v) is 5.29. The van der Waals surface area contributed by atoms with Crippen molar-refractivity contribution in [1.82, 2.24) is 9.97 Å². The van der Waals surface area contributed by atoms with Crippen molar-refractivity contribution in [2.75, 3.05) is 10.6 Å². The lowest BCUT2D eigenvalue weighted by atomic mass is 10.2. The van der Waals surface area contributed by atoms with Gasteiger partial charge in [-0.1, -0.05) is 0 Å². The van der Waals surface area contributed by atoms with E-state index in [0.29, 0.717) is 12.1 Å². The quantitative estimate of drug-likeness (QED) is 0.508. The number of halogens is 6. The van der Waals surface area contributed by atoms with Crippen molar-refractivity contribution in [2.45, 2.75) is 0 Å². The Hall–Kier alpha value is -3.63. The molecule has 0 aliphatic carbocycles. The molecule has 0 spiro atoms. The number of carbonyl (C=O) groups excluding carboxylic acids is 1. The maximum Gasteiger partial charge on any atom is 0.274 e. The van der Waals surface area contributed by atoms with Gasteiger partial charge in [0.1, 0.15) is 5.69 Å². The largest absolute Gasteiger partial charge is 0.322 e. The van der Waals surface area contributed by atoms with E-state index in [1.807, 2.05) is 5.32 Å². The van der Waals surface area contributed by atoms with Gasteiger partial charge >= 0.3 is 0 Å². The Morgan fingerprint density at radius 1 is 0.750 bits per heavy atom. The molecule has 3 rings (SSSR count). The first kappa shape index (κ1) is 19.1. The number of rotatable bonds is 4. The molecule has 1 aromatic heterocycles. The highest BCUT2D eigenvalue weighted by molar-refractivity contribution is 6.03. The fraction of sp³-hybridized carbons (Fsp3) is 0. The third-order valence-electron chi connectivity index (χ3n) is 3.45. The third kappa shape index (κ3) is 3.72. The van der Waals surface area contributed by atoms with E-state index in [2.05, 4.69) is 15.3 Å². The summed E-state index contributed by atoms with van der Waals surface area (Å²) in [6.45, 7) is 0. The second kappa shape index (κ2) is 7.55. The Kier molecular flexibility index (Phi) is 5.16. The monoisotopic (exact) mass is 398 g/mol. The lowest BCUT2D eigenvalue weighted by Gasteiger charge is -2.09. The van der Waals surface area contributed by atoms with Crippen molar-refractivity contribution in [1.29, 1.82) is 0 Å². The van der Waals surface area contributed by atoms with Crippen molar-refractivity contribution >= 4 is 23.2 Å². The lowest BCUT2D eigenvalue weighted by molar-refractivity contribution is 0.102. The Balaban J connectivity index is 1.83. The molecule has 0 atom stereocenters. The highest BCUT2D eigenvalue weighted by atomic mass is 19.2. The first-order chi connectivity index (χ1) is 13.3. The van der Waals surface area contributed by atoms with Gasteiger partial charge in [0.2, 0.25) is 5.95 Å². The number of carbonyl (C=O) groups is 1. The van der Waals surface area contributed by atoms with E-state index in [9.17, 15) is 31.1 Å². The van der Waals surface area contributed by atoms with Gasteiger partial charge in [0.25, 0.3) is 5.91 Å². The molecule has 3 aromatic rings. The SMILES string of the molecule is O=C(Nc1ccc(F)c(F)c1F)c1ccnc(Nc2ccc(F)c(F)c2F)n1. The van der Waals surface area contributed by atoms with Crippen LogP contribution in [-0.2, 0) is 0 Å². The molecule has 0 radical (unpaired) electrons. The first-order valence-corrected chi connectivity index (χ1v) is 7.46. The van der Waals surface area contributed by atoms with Gasteiger partial charge in [0.15, 0.2) is 34.9 Å². The van der Waals surface area contributed by atoms with Gasteiger partial charge in [0.05, 0.1) is 11.4 Å². The summed E-state index contributed by atoms with van der Waals surface area (Å²) < 4.78 is 79.7. The van der Waals surface area contributed by atoms with Gasteiger partial charge in [-0.15, -0.1) is 0 Å². The van der Waals surface area contributed by atoms with Crippen LogP contribution in [0, 0.1) is 34.9 Å². The van der Waals surface area contributed by atoms with Crippen molar-refractivity contribution in [3.63, 3.8) is 0 Å². The van der Waals surface area contributed by atoms with Crippen LogP contribution in [-0.4, -0.2) is 15.9 Å². The Bertz CT molecular complexity index is 1080. The molecule has 0 saturated carbocycles. The number of hydrogen-bond acceptors (Lipinski definition) is 4. The Labute approximate surface area is 153 Å². The number of amides is 1. The first-order valence-electron chi connectivity index (χ1n) is 7.46. The van der Waals surface area contributed by atoms with Gasteiger partial charge < -0.3 is 10.6 Å². The predicted molar refractivity (Wildman–Crippen MR) is 85.9 cm³/mol. The topological polar surface area (TPSA) is 66.9 Å². The van der Waals surface area contributed by atoms with Crippen LogP contribution in [0.4, 0.5) is 43.7 Å². The summed E-state index contributed by atoms with van der Waals surface area (Å²) in [5, 5.41) is 4.25. The van der Waals surface area contributed by atoms with Gasteiger partial charge in [-0.3, -0.25) is 4.79 Å². The maximum absolute atomic E-state index is 13.7. The highest BCUT2D eigenvalue weighted by Gasteiger charge is 2.18. The number of anilines is 3. The highest BCUT2D eigenvalue weighted by Crippen LogP contribution is 2.23. The zero-order valence-electron chi connectivity index (χ0n) is 13.5. The summed E-state index contributed by atoms with van der Waals surface area (Å²) in [5.41, 5.74) is -1.49. The molecule has 11 heteroatoms. The van der Waals surface area contributed by atoms with Crippen LogP contribution in [0.3, 0.4) is 0 Å². The van der Waals surface area contributed by atoms with Crippen LogP contribution in [0.1, 0.15) is 10.5 Å². The molecule has 0 aliphatic rings. The van der Waals surface area contributed by atoms with Crippen LogP contribution in [0.25, 0.3) is 0 Å². The number of aromatic nitrogens is 2. The van der Waals surface area contributed by atoms with Gasteiger partial charge in [0, 0.05) is 6.20 Å². The summed E-state index contributed by atoms with van der Waals surface area (Å²) >= 11 is 0. The molecule has 1 heterocycles. The van der Waals surface area contributed by atoms with Gasteiger partial charge in [-0.2, -0.15) is 0 Å². The molecule has 144 valence electrons. The minimum Gasteiger partial charge on any atom is -0.322 e. The van der Waals surface area contributed by atoms with E-state index >= 15 is 0 Å². The van der Waals surface area contributed by atoms with E-state index in [-0.39, 0.29) is 11.6 Å². The smallest absolute Gasteiger partial charge is 0.274 e. The average Bonchev–Trinajstić information content (AvgIpc) is 2.69. The van der Waals surface area contributed by atoms with Crippen LogP contribution in [0.5, 0.6) is 0 Å². The van der Waals surface area contributed by atoms with Gasteiger partial charge in [-0.25, -0.2) is 36.3 Å². The summed E-state index contributed by atoms with van der Waals surface area (Å²) in [6, 6.07) is 4.08. The van der Waals surface area contributed by atoms with Crippen LogP contribution < -0.4 is 10.6 Å². The molecule has 0 saturated heterocycles. The zero-order chi connectivity index (χ0) is 20.4. The molecule has 0 aliphatic heterocycles. The van der Waals surface area contributed by atoms with Crippen molar-refractivity contribution in [3.8, 4) is 0 Å². The van der Waals surface area contributed by atoms with Crippen LogP contribution in [0.15, 0.2) is 36.5 Å². The zero-order valence-corrected chi connectivity index (χ0v) is 13.5. The maximum atomic E-state index is 13.7. The standard InChI is InChI=1S/C17H8F6N4O/c18-7-1-3-9(14(22)12(7)20)25-16(28)11-5-6-24-17(27-11)26-10-4-2-8(19)13(21)15(10)23/h1-6H,(H,25,28)(H,24,26,27). The molecule has 0 fully saturated rings. The second-order valence-electron chi connectivity index (χ2n) is 5.29. The molecule has 0 unspecified atom stereocenters. The van der Waals surface area contributed by atoms with E-state index in [0.717, 1.165) is 24.4 Å². The van der Waals surface area contributed by atoms with E-state index < -0.39 is 52.2 Å². The molecule has 2 N–H and O–H groups in total.